The number of hydrogen-bond acceptors (Lipinski definition) is 12. The van der Waals surface area contributed by atoms with Crippen LogP contribution < -0.4 is 24.8 Å². The first-order chi connectivity index (χ1) is 32.9. The molecule has 0 bridgehead atoms. The van der Waals surface area contributed by atoms with Crippen molar-refractivity contribution in [3.8, 4) is 17.2 Å². The molecule has 2 aliphatic rings. The van der Waals surface area contributed by atoms with Crippen molar-refractivity contribution in [3.05, 3.63) is 119 Å². The molecule has 0 radical (unpaired) electrons. The van der Waals surface area contributed by atoms with Crippen LogP contribution in [0.4, 0.5) is 4.79 Å². The second kappa shape index (κ2) is 26.5. The van der Waals surface area contributed by atoms with Crippen molar-refractivity contribution >= 4 is 22.0 Å². The zero-order valence-corrected chi connectivity index (χ0v) is 40.6. The molecule has 5 atom stereocenters. The van der Waals surface area contributed by atoms with Crippen LogP contribution in [-0.4, -0.2) is 115 Å². The monoisotopic (exact) mass is 959 g/mol. The summed E-state index contributed by atoms with van der Waals surface area (Å²) in [4.78, 5) is 25.8. The maximum Gasteiger partial charge on any atom is 0.407 e. The van der Waals surface area contributed by atoms with E-state index in [9.17, 15) is 23.1 Å². The van der Waals surface area contributed by atoms with E-state index in [1.807, 2.05) is 74.5 Å². The lowest BCUT2D eigenvalue weighted by atomic mass is 10.0. The van der Waals surface area contributed by atoms with Crippen molar-refractivity contribution in [1.29, 1.82) is 0 Å². The lowest BCUT2D eigenvalue weighted by Crippen LogP contribution is -2.51. The number of nitrogens with one attached hydrogen (secondary N) is 2. The summed E-state index contributed by atoms with van der Waals surface area (Å²) in [6.45, 7) is 5.96. The Bertz CT molecular complexity index is 2280. The Morgan fingerprint density at radius 3 is 2.29 bits per heavy atom. The molecule has 16 heteroatoms. The molecule has 2 heterocycles. The van der Waals surface area contributed by atoms with E-state index in [2.05, 4.69) is 22.8 Å². The van der Waals surface area contributed by atoms with E-state index in [4.69, 9.17) is 33.2 Å². The third-order valence-corrected chi connectivity index (χ3v) is 13.9. The van der Waals surface area contributed by atoms with Gasteiger partial charge in [-0.15, -0.1) is 0 Å². The number of ether oxygens (including phenoxy) is 7. The van der Waals surface area contributed by atoms with E-state index in [-0.39, 0.29) is 61.7 Å². The van der Waals surface area contributed by atoms with E-state index >= 15 is 0 Å². The predicted molar refractivity (Wildman–Crippen MR) is 257 cm³/mol. The quantitative estimate of drug-likeness (QED) is 0.0504. The standard InChI is InChI=1S/C52H69N3O12S/c1-37(2)33-55(34-46(56)45(31-39-12-6-5-7-13-39)54-52(58)67-49-36-66-51-44(49)25-28-65-51)68(59,60)43-22-19-41(20-23-43)35-63-27-9-8-18-50(57)53-26-29-64-42-17-11-16-38(30-42)14-10-15-40-21-24-47(61-3)48(32-40)62-4/h5-7,11-13,16-17,19-24,30,32,37,44-46,49,51,56H,8-10,14-15,18,25-29,31,33-36H2,1-4H3,(H,53,57)(H,54,58)/t44?,45?,46?,49-,51?/m0/s1. The van der Waals surface area contributed by atoms with Crippen LogP contribution in [0.1, 0.15) is 68.2 Å². The minimum atomic E-state index is -4.04. The van der Waals surface area contributed by atoms with E-state index in [1.54, 1.807) is 38.5 Å². The van der Waals surface area contributed by atoms with Crippen molar-refractivity contribution in [2.45, 2.75) is 101 Å². The van der Waals surface area contributed by atoms with E-state index in [1.165, 1.54) is 15.4 Å². The van der Waals surface area contributed by atoms with Gasteiger partial charge < -0.3 is 48.9 Å². The highest BCUT2D eigenvalue weighted by atomic mass is 32.2. The van der Waals surface area contributed by atoms with Crippen molar-refractivity contribution in [1.82, 2.24) is 14.9 Å². The molecule has 2 saturated heterocycles. The summed E-state index contributed by atoms with van der Waals surface area (Å²) in [7, 11) is -0.775. The number of aliphatic hydroxyl groups excluding tert-OH is 1. The minimum Gasteiger partial charge on any atom is -0.493 e. The molecule has 0 spiro atoms. The number of amides is 2. The molecule has 0 aromatic heterocycles. The van der Waals surface area contributed by atoms with Crippen molar-refractivity contribution in [2.24, 2.45) is 11.8 Å². The lowest BCUT2D eigenvalue weighted by molar-refractivity contribution is -0.121. The van der Waals surface area contributed by atoms with Gasteiger partial charge in [-0.2, -0.15) is 4.31 Å². The molecule has 3 N–H and O–H groups in total. The molecule has 68 heavy (non-hydrogen) atoms. The molecule has 15 nitrogen and oxygen atoms in total. The van der Waals surface area contributed by atoms with Gasteiger partial charge in [-0.25, -0.2) is 13.2 Å². The molecule has 6 rings (SSSR count). The Kier molecular flexibility index (Phi) is 20.3. The van der Waals surface area contributed by atoms with Gasteiger partial charge in [-0.05, 0) is 110 Å². The highest BCUT2D eigenvalue weighted by Gasteiger charge is 2.44. The van der Waals surface area contributed by atoms with Crippen LogP contribution in [-0.2, 0) is 59.6 Å². The number of hydrogen-bond donors (Lipinski definition) is 3. The number of fused-ring (bicyclic) bond motifs is 1. The highest BCUT2D eigenvalue weighted by molar-refractivity contribution is 7.89. The number of carbonyl (C=O) groups excluding carboxylic acids is 2. The fourth-order valence-electron chi connectivity index (χ4n) is 8.39. The molecular formula is C52H69N3O12S. The Labute approximate surface area is 401 Å². The van der Waals surface area contributed by atoms with Crippen LogP contribution in [0, 0.1) is 11.8 Å². The fourth-order valence-corrected chi connectivity index (χ4v) is 10.0. The topological polar surface area (TPSA) is 180 Å². The van der Waals surface area contributed by atoms with Crippen molar-refractivity contribution in [2.75, 3.05) is 60.3 Å². The molecule has 4 aromatic rings. The van der Waals surface area contributed by atoms with Gasteiger partial charge in [0, 0.05) is 26.1 Å². The first-order valence-electron chi connectivity index (χ1n) is 23.7. The number of carbonyl (C=O) groups is 2. The zero-order chi connectivity index (χ0) is 48.3. The number of alkyl carbamates (subject to hydrolysis) is 1. The lowest BCUT2D eigenvalue weighted by Gasteiger charge is -2.31. The van der Waals surface area contributed by atoms with Crippen LogP contribution in [0.2, 0.25) is 0 Å². The smallest absolute Gasteiger partial charge is 0.407 e. The molecule has 2 aliphatic heterocycles. The van der Waals surface area contributed by atoms with Crippen LogP contribution >= 0.6 is 0 Å². The van der Waals surface area contributed by atoms with Crippen molar-refractivity contribution in [3.63, 3.8) is 0 Å². The van der Waals surface area contributed by atoms with Gasteiger partial charge in [0.2, 0.25) is 15.9 Å². The normalized spacial score (nSPS) is 17.7. The average Bonchev–Trinajstić information content (AvgIpc) is 3.97. The molecule has 370 valence electrons. The number of sulfonamides is 1. The summed E-state index contributed by atoms with van der Waals surface area (Å²) in [6, 6.07) is 29.1. The second-order valence-corrected chi connectivity index (χ2v) is 19.7. The molecule has 4 unspecified atom stereocenters. The Morgan fingerprint density at radius 1 is 0.809 bits per heavy atom. The molecule has 4 aromatic carbocycles. The number of benzene rings is 4. The van der Waals surface area contributed by atoms with Gasteiger partial charge in [0.25, 0.3) is 0 Å². The molecule has 0 aliphatic carbocycles. The number of nitrogens with zero attached hydrogens (tertiary/aromatic N) is 1. The number of aryl methyl sites for hydroxylation is 2. The van der Waals surface area contributed by atoms with Gasteiger partial charge in [0.15, 0.2) is 17.8 Å². The fraction of sp³-hybridized carbons (Fsp3) is 0.500. The third-order valence-electron chi connectivity index (χ3n) is 12.0. The van der Waals surface area contributed by atoms with E-state index in [0.717, 1.165) is 54.1 Å². The Hall–Kier alpha value is -5.23. The highest BCUT2D eigenvalue weighted by Crippen LogP contribution is 2.33. The first kappa shape index (κ1) is 52.1. The van der Waals surface area contributed by atoms with Crippen molar-refractivity contribution < 1.29 is 56.3 Å². The van der Waals surface area contributed by atoms with E-state index < -0.39 is 34.4 Å². The predicted octanol–water partition coefficient (Wildman–Crippen LogP) is 6.87. The van der Waals surface area contributed by atoms with Gasteiger partial charge in [0.05, 0.1) is 63.5 Å². The summed E-state index contributed by atoms with van der Waals surface area (Å²) in [5.74, 6) is 2.07. The minimum absolute atomic E-state index is 0.0487. The third kappa shape index (κ3) is 15.9. The Morgan fingerprint density at radius 2 is 1.54 bits per heavy atom. The van der Waals surface area contributed by atoms with Crippen LogP contribution in [0.3, 0.4) is 0 Å². The maximum absolute atomic E-state index is 14.1. The number of rotatable bonds is 28. The summed E-state index contributed by atoms with van der Waals surface area (Å²) >= 11 is 0. The van der Waals surface area contributed by atoms with E-state index in [0.29, 0.717) is 45.6 Å². The number of unbranched alkanes of at least 4 members (excludes halogenated alkanes) is 1. The zero-order valence-electron chi connectivity index (χ0n) is 39.8. The molecular weight excluding hydrogens is 891 g/mol. The van der Waals surface area contributed by atoms with Crippen LogP contribution in [0.25, 0.3) is 0 Å². The summed E-state index contributed by atoms with van der Waals surface area (Å²) < 4.78 is 68.9. The number of methoxy groups -OCH3 is 2. The summed E-state index contributed by atoms with van der Waals surface area (Å²) in [5.41, 5.74) is 4.03. The second-order valence-electron chi connectivity index (χ2n) is 17.7. The number of aliphatic hydroxyl groups is 1. The summed E-state index contributed by atoms with van der Waals surface area (Å²) in [5, 5.41) is 17.4. The van der Waals surface area contributed by atoms with Gasteiger partial charge >= 0.3 is 6.09 Å². The average molecular weight is 960 g/mol. The summed E-state index contributed by atoms with van der Waals surface area (Å²) in [6.07, 6.45) is 2.63. The molecule has 0 saturated carbocycles. The first-order valence-corrected chi connectivity index (χ1v) is 25.1. The SMILES string of the molecule is COc1ccc(CCCc2cccc(OCCNC(=O)CCCCOCc3ccc(S(=O)(=O)N(CC(C)C)CC(O)C(Cc4ccccc4)NC(=O)O[C@H]4COC5OCCC54)cc3)c2)cc1OC. The molecule has 2 amide bonds. The van der Waals surface area contributed by atoms with Gasteiger partial charge in [0.1, 0.15) is 18.5 Å². The van der Waals surface area contributed by atoms with Gasteiger partial charge in [-0.3, -0.25) is 4.79 Å². The Balaban J connectivity index is 0.887. The van der Waals surface area contributed by atoms with Crippen LogP contribution in [0.15, 0.2) is 102 Å². The van der Waals surface area contributed by atoms with Crippen LogP contribution in [0.5, 0.6) is 17.2 Å². The van der Waals surface area contributed by atoms with Gasteiger partial charge in [-0.1, -0.05) is 74.5 Å². The maximum atomic E-state index is 14.1. The largest absolute Gasteiger partial charge is 0.493 e. The molecule has 2 fully saturated rings.